The van der Waals surface area contributed by atoms with Gasteiger partial charge >= 0.3 is 11.9 Å². The molecule has 0 spiro atoms. The molecule has 0 saturated heterocycles. The molecule has 7 nitrogen and oxygen atoms in total. The van der Waals surface area contributed by atoms with Crippen LogP contribution in [-0.4, -0.2) is 34.0 Å². The lowest BCUT2D eigenvalue weighted by atomic mass is 10.1. The molecule has 2 N–H and O–H groups in total. The maximum Gasteiger partial charge on any atom is 0.363 e. The first-order chi connectivity index (χ1) is 9.93. The molecule has 2 aromatic rings. The monoisotopic (exact) mass is 355 g/mol. The zero-order valence-electron chi connectivity index (χ0n) is 10.7. The smallest absolute Gasteiger partial charge is 0.363 e. The van der Waals surface area contributed by atoms with E-state index in [4.69, 9.17) is 4.84 Å². The first kappa shape index (κ1) is 14.9. The minimum absolute atomic E-state index is 0.113. The van der Waals surface area contributed by atoms with Crippen LogP contribution in [0.2, 0.25) is 0 Å². The van der Waals surface area contributed by atoms with Crippen molar-refractivity contribution in [2.45, 2.75) is 0 Å². The van der Waals surface area contributed by atoms with Crippen LogP contribution in [0.15, 0.2) is 34.8 Å². The van der Waals surface area contributed by atoms with Gasteiger partial charge in [0.2, 0.25) is 11.8 Å². The maximum absolute atomic E-state index is 11.9. The molecule has 0 fully saturated rings. The average Bonchev–Trinajstić information content (AvgIpc) is 2.78. The molecule has 0 aliphatic heterocycles. The highest BCUT2D eigenvalue weighted by molar-refractivity contribution is 9.10. The number of ether oxygens (including phenoxy) is 1. The van der Waals surface area contributed by atoms with Gasteiger partial charge in [0.05, 0.1) is 18.2 Å². The van der Waals surface area contributed by atoms with Gasteiger partial charge in [-0.25, -0.2) is 9.59 Å². The van der Waals surface area contributed by atoms with E-state index < -0.39 is 23.7 Å². The zero-order valence-corrected chi connectivity index (χ0v) is 12.3. The van der Waals surface area contributed by atoms with Gasteiger partial charge in [0.15, 0.2) is 0 Å². The van der Waals surface area contributed by atoms with Crippen LogP contribution in [0, 0.1) is 0 Å². The van der Waals surface area contributed by atoms with Crippen LogP contribution >= 0.6 is 15.9 Å². The average molecular weight is 356 g/mol. The molecule has 1 aromatic carbocycles. The van der Waals surface area contributed by atoms with Gasteiger partial charge in [0, 0.05) is 16.6 Å². The Morgan fingerprint density at radius 2 is 1.71 bits per heavy atom. The van der Waals surface area contributed by atoms with E-state index in [2.05, 4.69) is 20.7 Å². The standard InChI is InChI=1S/C13H10BrNO6/c1-20-13(19)8-3-2-7(6-9(8)14)12(18)21-15-10(16)4-5-11(15)17/h2-6,16-17H,1H3. The van der Waals surface area contributed by atoms with Crippen molar-refractivity contribution >= 4 is 27.9 Å². The molecular weight excluding hydrogens is 346 g/mol. The van der Waals surface area contributed by atoms with Crippen molar-refractivity contribution in [3.05, 3.63) is 45.9 Å². The Morgan fingerprint density at radius 1 is 1.10 bits per heavy atom. The van der Waals surface area contributed by atoms with Crippen LogP contribution in [0.1, 0.15) is 20.7 Å². The van der Waals surface area contributed by atoms with Crippen molar-refractivity contribution in [1.82, 2.24) is 4.73 Å². The number of aromatic nitrogens is 1. The number of methoxy groups -OCH3 is 1. The number of nitrogens with zero attached hydrogens (tertiary/aromatic N) is 1. The second-order valence-corrected chi connectivity index (χ2v) is 4.76. The molecule has 0 aliphatic carbocycles. The molecule has 0 saturated carbocycles. The van der Waals surface area contributed by atoms with Crippen molar-refractivity contribution in [3.8, 4) is 11.8 Å². The molecule has 21 heavy (non-hydrogen) atoms. The normalized spacial score (nSPS) is 10.2. The zero-order chi connectivity index (χ0) is 15.6. The van der Waals surface area contributed by atoms with Crippen LogP contribution < -0.4 is 4.84 Å². The third-order valence-electron chi connectivity index (χ3n) is 2.58. The van der Waals surface area contributed by atoms with Gasteiger partial charge in [-0.2, -0.15) is 0 Å². The predicted octanol–water partition coefficient (Wildman–Crippen LogP) is 1.72. The summed E-state index contributed by atoms with van der Waals surface area (Å²) < 4.78 is 5.50. The van der Waals surface area contributed by atoms with Gasteiger partial charge < -0.3 is 19.8 Å². The van der Waals surface area contributed by atoms with Gasteiger partial charge in [-0.15, -0.1) is 4.73 Å². The lowest BCUT2D eigenvalue weighted by Gasteiger charge is -2.08. The molecule has 1 aromatic heterocycles. The highest BCUT2D eigenvalue weighted by Gasteiger charge is 2.17. The summed E-state index contributed by atoms with van der Waals surface area (Å²) in [5, 5.41) is 18.8. The topological polar surface area (TPSA) is 98.0 Å². The summed E-state index contributed by atoms with van der Waals surface area (Å²) in [6, 6.07) is 6.45. The van der Waals surface area contributed by atoms with Crippen molar-refractivity contribution in [3.63, 3.8) is 0 Å². The predicted molar refractivity (Wildman–Crippen MR) is 74.2 cm³/mol. The van der Waals surface area contributed by atoms with Crippen LogP contribution in [0.4, 0.5) is 0 Å². The Hall–Kier alpha value is -2.48. The van der Waals surface area contributed by atoms with E-state index >= 15 is 0 Å². The number of benzene rings is 1. The number of hydrogen-bond donors (Lipinski definition) is 2. The summed E-state index contributed by atoms with van der Waals surface area (Å²) >= 11 is 3.15. The second kappa shape index (κ2) is 5.88. The van der Waals surface area contributed by atoms with Crippen molar-refractivity contribution in [2.75, 3.05) is 7.11 Å². The molecule has 8 heteroatoms. The van der Waals surface area contributed by atoms with Crippen molar-refractivity contribution < 1.29 is 29.4 Å². The summed E-state index contributed by atoms with van der Waals surface area (Å²) in [4.78, 5) is 28.2. The molecule has 0 bridgehead atoms. The number of carbonyl (C=O) groups is 2. The number of halogens is 1. The molecule has 0 atom stereocenters. The Kier molecular flexibility index (Phi) is 4.18. The first-order valence-corrected chi connectivity index (χ1v) is 6.43. The summed E-state index contributed by atoms with van der Waals surface area (Å²) in [6.07, 6.45) is 0. The summed E-state index contributed by atoms with van der Waals surface area (Å²) in [5.41, 5.74) is 0.364. The van der Waals surface area contributed by atoms with E-state index in [0.29, 0.717) is 9.20 Å². The third kappa shape index (κ3) is 3.00. The van der Waals surface area contributed by atoms with E-state index in [1.807, 2.05) is 0 Å². The lowest BCUT2D eigenvalue weighted by molar-refractivity contribution is 0.0381. The van der Waals surface area contributed by atoms with Gasteiger partial charge in [-0.3, -0.25) is 0 Å². The fourth-order valence-corrected chi connectivity index (χ4v) is 2.09. The minimum Gasteiger partial charge on any atom is -0.492 e. The fourth-order valence-electron chi connectivity index (χ4n) is 1.55. The number of hydrogen-bond acceptors (Lipinski definition) is 6. The minimum atomic E-state index is -0.825. The Balaban J connectivity index is 2.25. The molecule has 0 amide bonds. The quantitative estimate of drug-likeness (QED) is 0.813. The number of rotatable bonds is 3. The Bertz CT molecular complexity index is 689. The molecule has 0 unspecified atom stereocenters. The third-order valence-corrected chi connectivity index (χ3v) is 3.24. The Morgan fingerprint density at radius 3 is 2.24 bits per heavy atom. The van der Waals surface area contributed by atoms with Gasteiger partial charge in [0.1, 0.15) is 0 Å². The molecule has 0 aliphatic rings. The van der Waals surface area contributed by atoms with Crippen molar-refractivity contribution in [1.29, 1.82) is 0 Å². The SMILES string of the molecule is COC(=O)c1ccc(C(=O)On2c(O)ccc2O)cc1Br. The maximum atomic E-state index is 11.9. The van der Waals surface area contributed by atoms with Crippen LogP contribution in [0.3, 0.4) is 0 Å². The molecule has 0 radical (unpaired) electrons. The van der Waals surface area contributed by atoms with E-state index in [9.17, 15) is 19.8 Å². The fraction of sp³-hybridized carbons (Fsp3) is 0.0769. The Labute approximate surface area is 127 Å². The number of aromatic hydroxyl groups is 2. The second-order valence-electron chi connectivity index (χ2n) is 3.91. The molecule has 110 valence electrons. The van der Waals surface area contributed by atoms with E-state index in [0.717, 1.165) is 0 Å². The summed E-state index contributed by atoms with van der Waals surface area (Å²) in [5.74, 6) is -2.23. The molecule has 2 rings (SSSR count). The van der Waals surface area contributed by atoms with Crippen LogP contribution in [0.25, 0.3) is 0 Å². The van der Waals surface area contributed by atoms with Gasteiger partial charge in [-0.05, 0) is 34.1 Å². The van der Waals surface area contributed by atoms with Gasteiger partial charge in [-0.1, -0.05) is 0 Å². The van der Waals surface area contributed by atoms with Crippen LogP contribution in [0.5, 0.6) is 11.8 Å². The van der Waals surface area contributed by atoms with Crippen molar-refractivity contribution in [2.24, 2.45) is 0 Å². The van der Waals surface area contributed by atoms with E-state index in [1.54, 1.807) is 0 Å². The largest absolute Gasteiger partial charge is 0.492 e. The van der Waals surface area contributed by atoms with E-state index in [1.165, 1.54) is 37.4 Å². The first-order valence-electron chi connectivity index (χ1n) is 5.64. The highest BCUT2D eigenvalue weighted by Crippen LogP contribution is 2.22. The van der Waals surface area contributed by atoms with E-state index in [-0.39, 0.29) is 11.1 Å². The molecular formula is C13H10BrNO6. The lowest BCUT2D eigenvalue weighted by Crippen LogP contribution is -2.19. The number of carbonyl (C=O) groups excluding carboxylic acids is 2. The summed E-state index contributed by atoms with van der Waals surface area (Å²) in [6.45, 7) is 0. The summed E-state index contributed by atoms with van der Waals surface area (Å²) in [7, 11) is 1.24. The molecule has 1 heterocycles. The number of esters is 1. The van der Waals surface area contributed by atoms with Crippen LogP contribution in [-0.2, 0) is 4.74 Å². The van der Waals surface area contributed by atoms with Gasteiger partial charge in [0.25, 0.3) is 0 Å². The highest BCUT2D eigenvalue weighted by atomic mass is 79.9.